The van der Waals surface area contributed by atoms with Crippen molar-refractivity contribution in [3.63, 3.8) is 0 Å². The topological polar surface area (TPSA) is 29.1 Å². The molecule has 2 nitrogen and oxygen atoms in total. The number of benzene rings is 2. The number of nitrogens with one attached hydrogen (secondary N) is 1. The van der Waals surface area contributed by atoms with Crippen LogP contribution in [0.4, 0.5) is 10.1 Å². The van der Waals surface area contributed by atoms with Crippen molar-refractivity contribution in [1.82, 2.24) is 0 Å². The monoisotopic (exact) mass is 255 g/mol. The van der Waals surface area contributed by atoms with E-state index in [-0.39, 0.29) is 11.6 Å². The molecule has 2 aromatic rings. The van der Waals surface area contributed by atoms with E-state index < -0.39 is 0 Å². The highest BCUT2D eigenvalue weighted by molar-refractivity contribution is 6.05. The summed E-state index contributed by atoms with van der Waals surface area (Å²) < 4.78 is 12.8. The van der Waals surface area contributed by atoms with Crippen molar-refractivity contribution >= 4 is 11.5 Å². The molecule has 0 saturated carbocycles. The Hall–Kier alpha value is -2.42. The first-order chi connectivity index (χ1) is 9.15. The minimum Gasteiger partial charge on any atom is -0.359 e. The van der Waals surface area contributed by atoms with Crippen molar-refractivity contribution in [2.75, 3.05) is 5.32 Å². The van der Waals surface area contributed by atoms with Crippen LogP contribution in [0.5, 0.6) is 0 Å². The summed E-state index contributed by atoms with van der Waals surface area (Å²) in [5.41, 5.74) is 2.10. The van der Waals surface area contributed by atoms with Crippen LogP contribution in [-0.4, -0.2) is 5.78 Å². The molecule has 2 aromatic carbocycles. The third-order valence-electron chi connectivity index (χ3n) is 2.59. The molecule has 3 heteroatoms. The van der Waals surface area contributed by atoms with E-state index in [1.165, 1.54) is 18.2 Å². The maximum Gasteiger partial charge on any atom is 0.187 e. The molecule has 1 N–H and O–H groups in total. The minimum absolute atomic E-state index is 0.0623. The molecule has 0 aromatic heterocycles. The number of hydrogen-bond acceptors (Lipinski definition) is 2. The van der Waals surface area contributed by atoms with Crippen LogP contribution in [0.25, 0.3) is 0 Å². The predicted molar refractivity (Wildman–Crippen MR) is 74.6 cm³/mol. The molecule has 0 atom stereocenters. The van der Waals surface area contributed by atoms with Gasteiger partial charge in [0.2, 0.25) is 0 Å². The Kier molecular flexibility index (Phi) is 4.08. The molecular weight excluding hydrogens is 241 g/mol. The Morgan fingerprint density at radius 2 is 1.68 bits per heavy atom. The molecule has 96 valence electrons. The molecule has 0 spiro atoms. The zero-order chi connectivity index (χ0) is 13.7. The molecule has 0 amide bonds. The maximum absolute atomic E-state index is 12.8. The average molecular weight is 255 g/mol. The fraction of sp³-hybridized carbons (Fsp3) is 0.0625. The second kappa shape index (κ2) is 5.96. The molecule has 0 radical (unpaired) electrons. The molecule has 0 aliphatic carbocycles. The van der Waals surface area contributed by atoms with Gasteiger partial charge >= 0.3 is 0 Å². The van der Waals surface area contributed by atoms with Crippen LogP contribution in [0.15, 0.2) is 66.4 Å². The summed E-state index contributed by atoms with van der Waals surface area (Å²) in [7, 11) is 0. The summed E-state index contributed by atoms with van der Waals surface area (Å²) in [4.78, 5) is 11.9. The number of anilines is 1. The van der Waals surface area contributed by atoms with Crippen LogP contribution in [-0.2, 0) is 0 Å². The Labute approximate surface area is 111 Å². The van der Waals surface area contributed by atoms with Crippen molar-refractivity contribution in [3.8, 4) is 0 Å². The normalized spacial score (nSPS) is 11.2. The van der Waals surface area contributed by atoms with E-state index in [0.717, 1.165) is 5.69 Å². The average Bonchev–Trinajstić information content (AvgIpc) is 2.42. The number of allylic oxidation sites excluding steroid dienone is 2. The van der Waals surface area contributed by atoms with Crippen molar-refractivity contribution in [2.45, 2.75) is 6.92 Å². The first-order valence-electron chi connectivity index (χ1n) is 5.95. The highest BCUT2D eigenvalue weighted by Crippen LogP contribution is 2.11. The van der Waals surface area contributed by atoms with Crippen molar-refractivity contribution in [3.05, 3.63) is 77.8 Å². The molecule has 19 heavy (non-hydrogen) atoms. The van der Waals surface area contributed by atoms with E-state index >= 15 is 0 Å². The van der Waals surface area contributed by atoms with Gasteiger partial charge < -0.3 is 5.32 Å². The van der Waals surface area contributed by atoms with E-state index in [2.05, 4.69) is 5.32 Å². The molecule has 0 heterocycles. The van der Waals surface area contributed by atoms with Gasteiger partial charge in [-0.2, -0.15) is 0 Å². The number of carbonyl (C=O) groups excluding carboxylic acids is 1. The number of halogens is 1. The number of ketones is 1. The van der Waals surface area contributed by atoms with E-state index in [9.17, 15) is 9.18 Å². The molecule has 0 aliphatic rings. The van der Waals surface area contributed by atoms with Crippen LogP contribution < -0.4 is 5.32 Å². The standard InChI is InChI=1S/C16H14FNO/c1-12(18-15-9-7-14(17)8-10-15)11-16(19)13-5-3-2-4-6-13/h2-11,18H,1H3/b12-11+. The van der Waals surface area contributed by atoms with Crippen LogP contribution in [0.3, 0.4) is 0 Å². The minimum atomic E-state index is -0.285. The highest BCUT2D eigenvalue weighted by atomic mass is 19.1. The lowest BCUT2D eigenvalue weighted by atomic mass is 10.1. The van der Waals surface area contributed by atoms with Gasteiger partial charge in [-0.1, -0.05) is 30.3 Å². The Morgan fingerprint density at radius 3 is 2.32 bits per heavy atom. The first-order valence-corrected chi connectivity index (χ1v) is 5.95. The van der Waals surface area contributed by atoms with E-state index in [0.29, 0.717) is 11.3 Å². The first kappa shape index (κ1) is 13.0. The second-order valence-corrected chi connectivity index (χ2v) is 4.19. The summed E-state index contributed by atoms with van der Waals surface area (Å²) in [6, 6.07) is 15.0. The quantitative estimate of drug-likeness (QED) is 0.660. The summed E-state index contributed by atoms with van der Waals surface area (Å²) in [6.07, 6.45) is 1.53. The number of hydrogen-bond donors (Lipinski definition) is 1. The molecule has 0 saturated heterocycles. The van der Waals surface area contributed by atoms with Crippen molar-refractivity contribution in [1.29, 1.82) is 0 Å². The number of carbonyl (C=O) groups is 1. The summed E-state index contributed by atoms with van der Waals surface area (Å²) in [5.74, 6) is -0.347. The Morgan fingerprint density at radius 1 is 1.05 bits per heavy atom. The van der Waals surface area contributed by atoms with Gasteiger partial charge in [-0.15, -0.1) is 0 Å². The van der Waals surface area contributed by atoms with Gasteiger partial charge in [-0.05, 0) is 31.2 Å². The molecule has 0 unspecified atom stereocenters. The molecule has 0 fully saturated rings. The predicted octanol–water partition coefficient (Wildman–Crippen LogP) is 4.02. The van der Waals surface area contributed by atoms with Gasteiger partial charge in [-0.25, -0.2) is 4.39 Å². The largest absolute Gasteiger partial charge is 0.359 e. The smallest absolute Gasteiger partial charge is 0.187 e. The van der Waals surface area contributed by atoms with E-state index in [1.807, 2.05) is 18.2 Å². The molecule has 0 aliphatic heterocycles. The summed E-state index contributed by atoms with van der Waals surface area (Å²) >= 11 is 0. The Balaban J connectivity index is 2.07. The second-order valence-electron chi connectivity index (χ2n) is 4.19. The van der Waals surface area contributed by atoms with Crippen molar-refractivity contribution < 1.29 is 9.18 Å². The van der Waals surface area contributed by atoms with Crippen LogP contribution >= 0.6 is 0 Å². The van der Waals surface area contributed by atoms with Crippen LogP contribution in [0.2, 0.25) is 0 Å². The lowest BCUT2D eigenvalue weighted by Gasteiger charge is -2.06. The van der Waals surface area contributed by atoms with Gasteiger partial charge in [-0.3, -0.25) is 4.79 Å². The summed E-state index contributed by atoms with van der Waals surface area (Å²) in [6.45, 7) is 1.80. The van der Waals surface area contributed by atoms with Crippen LogP contribution in [0, 0.1) is 5.82 Å². The third-order valence-corrected chi connectivity index (χ3v) is 2.59. The Bertz CT molecular complexity index is 588. The van der Waals surface area contributed by atoms with Gasteiger partial charge in [0.05, 0.1) is 0 Å². The van der Waals surface area contributed by atoms with E-state index in [1.54, 1.807) is 31.2 Å². The van der Waals surface area contributed by atoms with Gasteiger partial charge in [0, 0.05) is 23.0 Å². The van der Waals surface area contributed by atoms with Crippen LogP contribution in [0.1, 0.15) is 17.3 Å². The molecule has 0 bridgehead atoms. The third kappa shape index (κ3) is 3.78. The van der Waals surface area contributed by atoms with Gasteiger partial charge in [0.25, 0.3) is 0 Å². The maximum atomic E-state index is 12.8. The fourth-order valence-electron chi connectivity index (χ4n) is 1.68. The molecular formula is C16H14FNO. The van der Waals surface area contributed by atoms with Gasteiger partial charge in [0.15, 0.2) is 5.78 Å². The van der Waals surface area contributed by atoms with Gasteiger partial charge in [0.1, 0.15) is 5.82 Å². The molecule has 2 rings (SSSR count). The lowest BCUT2D eigenvalue weighted by Crippen LogP contribution is -2.01. The zero-order valence-corrected chi connectivity index (χ0v) is 10.6. The summed E-state index contributed by atoms with van der Waals surface area (Å²) in [5, 5.41) is 3.04. The highest BCUT2D eigenvalue weighted by Gasteiger charge is 2.02. The SMILES string of the molecule is C/C(=C\C(=O)c1ccccc1)Nc1ccc(F)cc1. The number of rotatable bonds is 4. The van der Waals surface area contributed by atoms with Crippen molar-refractivity contribution in [2.24, 2.45) is 0 Å². The van der Waals surface area contributed by atoms with E-state index in [4.69, 9.17) is 0 Å². The fourth-order valence-corrected chi connectivity index (χ4v) is 1.68. The zero-order valence-electron chi connectivity index (χ0n) is 10.6. The lowest BCUT2D eigenvalue weighted by molar-refractivity contribution is 0.104.